The molecular formula is C17H20N2O3S. The topological polar surface area (TPSA) is 76.1 Å². The molecule has 0 fully saturated rings. The van der Waals surface area contributed by atoms with Crippen molar-refractivity contribution in [2.45, 2.75) is 32.1 Å². The molecule has 0 unspecified atom stereocenters. The molecule has 2 rings (SSSR count). The van der Waals surface area contributed by atoms with Gasteiger partial charge in [-0.3, -0.25) is 9.78 Å². The Kier molecular flexibility index (Phi) is 5.15. The Labute approximate surface area is 136 Å². The highest BCUT2D eigenvalue weighted by molar-refractivity contribution is 7.90. The zero-order valence-corrected chi connectivity index (χ0v) is 14.2. The van der Waals surface area contributed by atoms with Crippen LogP contribution in [0, 0.1) is 12.8 Å². The van der Waals surface area contributed by atoms with E-state index in [1.807, 2.05) is 32.9 Å². The lowest BCUT2D eigenvalue weighted by atomic mass is 10.1. The lowest BCUT2D eigenvalue weighted by Crippen LogP contribution is -2.31. The van der Waals surface area contributed by atoms with Gasteiger partial charge in [-0.15, -0.1) is 0 Å². The molecule has 1 N–H and O–H groups in total. The summed E-state index contributed by atoms with van der Waals surface area (Å²) in [5.41, 5.74) is 2.69. The van der Waals surface area contributed by atoms with Crippen LogP contribution < -0.4 is 4.72 Å². The van der Waals surface area contributed by atoms with Crippen LogP contribution in [0.4, 0.5) is 0 Å². The summed E-state index contributed by atoms with van der Waals surface area (Å²) in [4.78, 5) is 16.0. The van der Waals surface area contributed by atoms with Crippen molar-refractivity contribution in [3.8, 4) is 11.1 Å². The Bertz CT molecular complexity index is 797. The largest absolute Gasteiger partial charge is 0.274 e. The number of nitrogens with one attached hydrogen (secondary N) is 1. The lowest BCUT2D eigenvalue weighted by Gasteiger charge is -2.09. The highest BCUT2D eigenvalue weighted by atomic mass is 32.2. The number of carbonyl (C=O) groups excluding carboxylic acids is 1. The molecule has 0 aliphatic rings. The van der Waals surface area contributed by atoms with Crippen LogP contribution >= 0.6 is 0 Å². The molecule has 5 nitrogen and oxygen atoms in total. The molecule has 0 spiro atoms. The summed E-state index contributed by atoms with van der Waals surface area (Å²) < 4.78 is 26.5. The van der Waals surface area contributed by atoms with Gasteiger partial charge in [-0.2, -0.15) is 0 Å². The number of hydrogen-bond acceptors (Lipinski definition) is 4. The number of aryl methyl sites for hydroxylation is 1. The SMILES string of the molecule is Cc1ncccc1-c1ccc(S(=O)(=O)NC(=O)CC(C)C)cc1. The van der Waals surface area contributed by atoms with E-state index in [0.717, 1.165) is 16.8 Å². The first-order valence-corrected chi connectivity index (χ1v) is 8.85. The Morgan fingerprint density at radius 1 is 1.17 bits per heavy atom. The van der Waals surface area contributed by atoms with E-state index in [0.29, 0.717) is 0 Å². The van der Waals surface area contributed by atoms with Gasteiger partial charge in [0.1, 0.15) is 0 Å². The van der Waals surface area contributed by atoms with Gasteiger partial charge in [0, 0.05) is 23.9 Å². The number of benzene rings is 1. The predicted octanol–water partition coefficient (Wildman–Crippen LogP) is 2.91. The Morgan fingerprint density at radius 3 is 2.39 bits per heavy atom. The predicted molar refractivity (Wildman–Crippen MR) is 89.2 cm³/mol. The van der Waals surface area contributed by atoms with Gasteiger partial charge in [-0.1, -0.05) is 32.0 Å². The summed E-state index contributed by atoms with van der Waals surface area (Å²) in [5, 5.41) is 0. The zero-order valence-electron chi connectivity index (χ0n) is 13.4. The molecule has 1 aromatic heterocycles. The van der Waals surface area contributed by atoms with Crippen molar-refractivity contribution in [2.24, 2.45) is 5.92 Å². The van der Waals surface area contributed by atoms with Crippen molar-refractivity contribution >= 4 is 15.9 Å². The first-order valence-electron chi connectivity index (χ1n) is 7.37. The van der Waals surface area contributed by atoms with E-state index in [-0.39, 0.29) is 17.2 Å². The van der Waals surface area contributed by atoms with E-state index in [9.17, 15) is 13.2 Å². The van der Waals surface area contributed by atoms with Gasteiger partial charge in [0.2, 0.25) is 5.91 Å². The molecule has 2 aromatic rings. The molecule has 0 atom stereocenters. The van der Waals surface area contributed by atoms with Crippen molar-refractivity contribution in [1.29, 1.82) is 0 Å². The van der Waals surface area contributed by atoms with Crippen LogP contribution in [0.25, 0.3) is 11.1 Å². The van der Waals surface area contributed by atoms with Gasteiger partial charge in [0.25, 0.3) is 10.0 Å². The molecule has 0 saturated heterocycles. The highest BCUT2D eigenvalue weighted by Gasteiger charge is 2.18. The number of aromatic nitrogens is 1. The third-order valence-electron chi connectivity index (χ3n) is 3.32. The number of rotatable bonds is 5. The number of pyridine rings is 1. The number of hydrogen-bond donors (Lipinski definition) is 1. The first kappa shape index (κ1) is 17.1. The van der Waals surface area contributed by atoms with Crippen LogP contribution in [0.1, 0.15) is 26.0 Å². The van der Waals surface area contributed by atoms with Crippen molar-refractivity contribution in [1.82, 2.24) is 9.71 Å². The second-order valence-electron chi connectivity index (χ2n) is 5.79. The fourth-order valence-electron chi connectivity index (χ4n) is 2.22. The molecule has 0 bridgehead atoms. The maximum Gasteiger partial charge on any atom is 0.264 e. The first-order chi connectivity index (χ1) is 10.8. The van der Waals surface area contributed by atoms with Crippen LogP contribution in [0.5, 0.6) is 0 Å². The van der Waals surface area contributed by atoms with E-state index < -0.39 is 15.9 Å². The Morgan fingerprint density at radius 2 is 1.83 bits per heavy atom. The minimum absolute atomic E-state index is 0.0694. The molecular weight excluding hydrogens is 312 g/mol. The van der Waals surface area contributed by atoms with Crippen LogP contribution in [0.3, 0.4) is 0 Å². The van der Waals surface area contributed by atoms with Crippen LogP contribution in [-0.2, 0) is 14.8 Å². The quantitative estimate of drug-likeness (QED) is 0.913. The molecule has 23 heavy (non-hydrogen) atoms. The Hall–Kier alpha value is -2.21. The third-order valence-corrected chi connectivity index (χ3v) is 4.71. The van der Waals surface area contributed by atoms with Crippen molar-refractivity contribution < 1.29 is 13.2 Å². The minimum atomic E-state index is -3.83. The van der Waals surface area contributed by atoms with Crippen molar-refractivity contribution in [3.05, 3.63) is 48.3 Å². The standard InChI is InChI=1S/C17H20N2O3S/c1-12(2)11-17(20)19-23(21,22)15-8-6-14(7-9-15)16-5-4-10-18-13(16)3/h4-10,12H,11H2,1-3H3,(H,19,20). The summed E-state index contributed by atoms with van der Waals surface area (Å²) in [7, 11) is -3.83. The molecule has 1 amide bonds. The van der Waals surface area contributed by atoms with Gasteiger partial charge < -0.3 is 0 Å². The number of carbonyl (C=O) groups is 1. The fourth-order valence-corrected chi connectivity index (χ4v) is 3.22. The average Bonchev–Trinajstić information content (AvgIpc) is 2.46. The maximum atomic E-state index is 12.2. The molecule has 6 heteroatoms. The van der Waals surface area contributed by atoms with Gasteiger partial charge in [0.15, 0.2) is 0 Å². The monoisotopic (exact) mass is 332 g/mol. The van der Waals surface area contributed by atoms with Crippen molar-refractivity contribution in [3.63, 3.8) is 0 Å². The maximum absolute atomic E-state index is 12.2. The molecule has 122 valence electrons. The summed E-state index contributed by atoms with van der Waals surface area (Å²) in [6, 6.07) is 10.2. The smallest absolute Gasteiger partial charge is 0.264 e. The van der Waals surface area contributed by atoms with Crippen LogP contribution in [0.15, 0.2) is 47.5 Å². The molecule has 0 aliphatic carbocycles. The molecule has 0 aliphatic heterocycles. The van der Waals surface area contributed by atoms with E-state index >= 15 is 0 Å². The van der Waals surface area contributed by atoms with Gasteiger partial charge in [-0.05, 0) is 36.6 Å². The summed E-state index contributed by atoms with van der Waals surface area (Å²) in [6.07, 6.45) is 1.88. The van der Waals surface area contributed by atoms with E-state index in [4.69, 9.17) is 0 Å². The normalized spacial score (nSPS) is 11.5. The molecule has 1 heterocycles. The number of amides is 1. The minimum Gasteiger partial charge on any atom is -0.274 e. The summed E-state index contributed by atoms with van der Waals surface area (Å²) in [5.74, 6) is -0.395. The summed E-state index contributed by atoms with van der Waals surface area (Å²) >= 11 is 0. The van der Waals surface area contributed by atoms with Gasteiger partial charge >= 0.3 is 0 Å². The lowest BCUT2D eigenvalue weighted by molar-refractivity contribution is -0.120. The van der Waals surface area contributed by atoms with Gasteiger partial charge in [0.05, 0.1) is 4.90 Å². The van der Waals surface area contributed by atoms with Crippen LogP contribution in [0.2, 0.25) is 0 Å². The van der Waals surface area contributed by atoms with Crippen LogP contribution in [-0.4, -0.2) is 19.3 Å². The average molecular weight is 332 g/mol. The second kappa shape index (κ2) is 6.91. The van der Waals surface area contributed by atoms with Gasteiger partial charge in [-0.25, -0.2) is 13.1 Å². The zero-order chi connectivity index (χ0) is 17.0. The van der Waals surface area contributed by atoms with E-state index in [2.05, 4.69) is 9.71 Å². The van der Waals surface area contributed by atoms with Crippen molar-refractivity contribution in [2.75, 3.05) is 0 Å². The number of sulfonamides is 1. The fraction of sp³-hybridized carbons (Fsp3) is 0.294. The molecule has 1 aromatic carbocycles. The molecule has 0 saturated carbocycles. The Balaban J connectivity index is 2.22. The number of nitrogens with zero attached hydrogens (tertiary/aromatic N) is 1. The second-order valence-corrected chi connectivity index (χ2v) is 7.47. The third kappa shape index (κ3) is 4.39. The summed E-state index contributed by atoms with van der Waals surface area (Å²) in [6.45, 7) is 5.61. The highest BCUT2D eigenvalue weighted by Crippen LogP contribution is 2.23. The van der Waals surface area contributed by atoms with E-state index in [1.54, 1.807) is 18.3 Å². The van der Waals surface area contributed by atoms with E-state index in [1.165, 1.54) is 12.1 Å². The molecule has 0 radical (unpaired) electrons.